The summed E-state index contributed by atoms with van der Waals surface area (Å²) < 4.78 is 5.00. The molecule has 1 aromatic carbocycles. The van der Waals surface area contributed by atoms with E-state index in [9.17, 15) is 9.59 Å². The molecule has 5 heteroatoms. The van der Waals surface area contributed by atoms with E-state index in [2.05, 4.69) is 0 Å². The van der Waals surface area contributed by atoms with Crippen LogP contribution in [0.4, 0.5) is 5.69 Å². The standard InChI is InChI=1S/C12H11NO4/c1-13(2)7-3-4-8-9(12(15)16)6-11(14)17-10(8)5-7/h3-6H,1-2H3,(H,15,16). The molecule has 0 spiro atoms. The second-order valence-electron chi connectivity index (χ2n) is 3.86. The number of rotatable bonds is 2. The summed E-state index contributed by atoms with van der Waals surface area (Å²) in [6, 6.07) is 6.04. The maximum absolute atomic E-state index is 11.2. The lowest BCUT2D eigenvalue weighted by Crippen LogP contribution is -2.09. The summed E-state index contributed by atoms with van der Waals surface area (Å²) in [6.07, 6.45) is 0. The number of fused-ring (bicyclic) bond motifs is 1. The Hall–Kier alpha value is -2.30. The average Bonchev–Trinajstić information content (AvgIpc) is 2.26. The Labute approximate surface area is 96.9 Å². The van der Waals surface area contributed by atoms with Crippen LogP contribution in [-0.4, -0.2) is 25.2 Å². The zero-order chi connectivity index (χ0) is 12.6. The Morgan fingerprint density at radius 1 is 1.29 bits per heavy atom. The first-order chi connectivity index (χ1) is 7.99. The third-order valence-corrected chi connectivity index (χ3v) is 2.47. The van der Waals surface area contributed by atoms with Crippen LogP contribution in [-0.2, 0) is 0 Å². The molecule has 2 aromatic rings. The molecule has 0 atom stereocenters. The highest BCUT2D eigenvalue weighted by molar-refractivity contribution is 6.02. The van der Waals surface area contributed by atoms with Gasteiger partial charge in [-0.15, -0.1) is 0 Å². The first-order valence-corrected chi connectivity index (χ1v) is 4.97. The molecular weight excluding hydrogens is 222 g/mol. The number of carbonyl (C=O) groups is 1. The van der Waals surface area contributed by atoms with Gasteiger partial charge in [0.05, 0.1) is 5.56 Å². The van der Waals surface area contributed by atoms with Crippen molar-refractivity contribution in [1.82, 2.24) is 0 Å². The van der Waals surface area contributed by atoms with E-state index < -0.39 is 11.6 Å². The van der Waals surface area contributed by atoms with E-state index in [4.69, 9.17) is 9.52 Å². The maximum Gasteiger partial charge on any atom is 0.337 e. The quantitative estimate of drug-likeness (QED) is 0.797. The van der Waals surface area contributed by atoms with Gasteiger partial charge in [0.1, 0.15) is 5.58 Å². The normalized spacial score (nSPS) is 10.5. The van der Waals surface area contributed by atoms with Crippen LogP contribution >= 0.6 is 0 Å². The van der Waals surface area contributed by atoms with Crippen molar-refractivity contribution in [3.63, 3.8) is 0 Å². The molecular formula is C12H11NO4. The summed E-state index contributed by atoms with van der Waals surface area (Å²) in [5, 5.41) is 9.41. The van der Waals surface area contributed by atoms with Crippen LogP contribution in [0.2, 0.25) is 0 Å². The van der Waals surface area contributed by atoms with E-state index in [-0.39, 0.29) is 11.1 Å². The molecule has 0 unspecified atom stereocenters. The number of hydrogen-bond acceptors (Lipinski definition) is 4. The highest BCUT2D eigenvalue weighted by Gasteiger charge is 2.12. The van der Waals surface area contributed by atoms with E-state index in [1.165, 1.54) is 0 Å². The third kappa shape index (κ3) is 1.99. The monoisotopic (exact) mass is 233 g/mol. The van der Waals surface area contributed by atoms with Crippen LogP contribution in [0.25, 0.3) is 11.0 Å². The molecule has 0 aliphatic heterocycles. The number of nitrogens with zero attached hydrogens (tertiary/aromatic N) is 1. The Morgan fingerprint density at radius 3 is 2.59 bits per heavy atom. The van der Waals surface area contributed by atoms with Gasteiger partial charge < -0.3 is 14.4 Å². The number of carboxylic acid groups (broad SMARTS) is 1. The number of hydrogen-bond donors (Lipinski definition) is 1. The molecule has 0 saturated heterocycles. The number of benzene rings is 1. The first-order valence-electron chi connectivity index (χ1n) is 4.97. The van der Waals surface area contributed by atoms with Crippen molar-refractivity contribution in [2.24, 2.45) is 0 Å². The Balaban J connectivity index is 2.80. The van der Waals surface area contributed by atoms with Crippen LogP contribution in [0.3, 0.4) is 0 Å². The predicted molar refractivity (Wildman–Crippen MR) is 63.8 cm³/mol. The topological polar surface area (TPSA) is 70.8 Å². The van der Waals surface area contributed by atoms with Crippen molar-refractivity contribution in [3.05, 3.63) is 40.2 Å². The molecule has 0 radical (unpaired) electrons. The molecule has 1 N–H and O–H groups in total. The zero-order valence-electron chi connectivity index (χ0n) is 9.43. The fourth-order valence-electron chi connectivity index (χ4n) is 1.61. The van der Waals surface area contributed by atoms with Crippen molar-refractivity contribution in [2.75, 3.05) is 19.0 Å². The highest BCUT2D eigenvalue weighted by Crippen LogP contribution is 2.22. The van der Waals surface area contributed by atoms with Crippen LogP contribution in [0, 0.1) is 0 Å². The molecule has 0 aliphatic carbocycles. The number of aromatic carboxylic acids is 1. The molecule has 0 aliphatic rings. The van der Waals surface area contributed by atoms with Gasteiger partial charge in [-0.05, 0) is 12.1 Å². The third-order valence-electron chi connectivity index (χ3n) is 2.47. The van der Waals surface area contributed by atoms with Crippen molar-refractivity contribution in [1.29, 1.82) is 0 Å². The minimum Gasteiger partial charge on any atom is -0.478 e. The molecule has 5 nitrogen and oxygen atoms in total. The van der Waals surface area contributed by atoms with Gasteiger partial charge in [0, 0.05) is 37.3 Å². The summed E-state index contributed by atoms with van der Waals surface area (Å²) in [5.74, 6) is -1.14. The molecule has 1 heterocycles. The lowest BCUT2D eigenvalue weighted by Gasteiger charge is -2.12. The second kappa shape index (κ2) is 3.93. The molecule has 17 heavy (non-hydrogen) atoms. The number of carboxylic acids is 1. The van der Waals surface area contributed by atoms with Crippen LogP contribution in [0.1, 0.15) is 10.4 Å². The molecule has 2 rings (SSSR count). The Bertz CT molecular complexity index is 642. The summed E-state index contributed by atoms with van der Waals surface area (Å²) >= 11 is 0. The van der Waals surface area contributed by atoms with Gasteiger partial charge in [-0.3, -0.25) is 0 Å². The maximum atomic E-state index is 11.2. The second-order valence-corrected chi connectivity index (χ2v) is 3.86. The van der Waals surface area contributed by atoms with E-state index in [0.29, 0.717) is 5.39 Å². The lowest BCUT2D eigenvalue weighted by atomic mass is 10.1. The van der Waals surface area contributed by atoms with E-state index in [0.717, 1.165) is 11.8 Å². The van der Waals surface area contributed by atoms with Crippen molar-refractivity contribution >= 4 is 22.6 Å². The van der Waals surface area contributed by atoms with Crippen molar-refractivity contribution in [3.8, 4) is 0 Å². The largest absolute Gasteiger partial charge is 0.478 e. The van der Waals surface area contributed by atoms with Crippen LogP contribution < -0.4 is 10.5 Å². The molecule has 0 saturated carbocycles. The predicted octanol–water partition coefficient (Wildman–Crippen LogP) is 1.56. The van der Waals surface area contributed by atoms with Gasteiger partial charge in [-0.2, -0.15) is 0 Å². The molecule has 0 bridgehead atoms. The fraction of sp³-hybridized carbons (Fsp3) is 0.167. The van der Waals surface area contributed by atoms with Crippen molar-refractivity contribution < 1.29 is 14.3 Å². The highest BCUT2D eigenvalue weighted by atomic mass is 16.4. The molecule has 0 fully saturated rings. The molecule has 88 valence electrons. The van der Waals surface area contributed by atoms with Gasteiger partial charge in [0.25, 0.3) is 0 Å². The summed E-state index contributed by atoms with van der Waals surface area (Å²) in [7, 11) is 3.70. The fourth-order valence-corrected chi connectivity index (χ4v) is 1.61. The zero-order valence-corrected chi connectivity index (χ0v) is 9.43. The Morgan fingerprint density at radius 2 is 2.00 bits per heavy atom. The van der Waals surface area contributed by atoms with Crippen LogP contribution in [0.15, 0.2) is 33.5 Å². The smallest absolute Gasteiger partial charge is 0.337 e. The summed E-state index contributed by atoms with van der Waals surface area (Å²) in [4.78, 5) is 24.1. The van der Waals surface area contributed by atoms with Crippen molar-refractivity contribution in [2.45, 2.75) is 0 Å². The molecule has 0 amide bonds. The van der Waals surface area contributed by atoms with E-state index in [1.807, 2.05) is 19.0 Å². The summed E-state index contributed by atoms with van der Waals surface area (Å²) in [5.41, 5.74) is 0.414. The Kier molecular flexibility index (Phi) is 2.59. The van der Waals surface area contributed by atoms with E-state index in [1.54, 1.807) is 18.2 Å². The van der Waals surface area contributed by atoms with Gasteiger partial charge in [-0.25, -0.2) is 9.59 Å². The van der Waals surface area contributed by atoms with Gasteiger partial charge in [0.15, 0.2) is 0 Å². The summed E-state index contributed by atoms with van der Waals surface area (Å²) in [6.45, 7) is 0. The molecule has 1 aromatic heterocycles. The van der Waals surface area contributed by atoms with Gasteiger partial charge in [0.2, 0.25) is 0 Å². The SMILES string of the molecule is CN(C)c1ccc2c(C(=O)O)cc(=O)oc2c1. The van der Waals surface area contributed by atoms with E-state index >= 15 is 0 Å². The minimum atomic E-state index is -1.14. The first kappa shape index (κ1) is 11.2. The van der Waals surface area contributed by atoms with Gasteiger partial charge >= 0.3 is 11.6 Å². The lowest BCUT2D eigenvalue weighted by molar-refractivity contribution is 0.0698. The van der Waals surface area contributed by atoms with Gasteiger partial charge in [-0.1, -0.05) is 0 Å². The average molecular weight is 233 g/mol. The minimum absolute atomic E-state index is 0.0402. The van der Waals surface area contributed by atoms with Crippen LogP contribution in [0.5, 0.6) is 0 Å². The number of anilines is 1.